The summed E-state index contributed by atoms with van der Waals surface area (Å²) in [5, 5.41) is 0. The first-order chi connectivity index (χ1) is 10.8. The first-order valence-corrected chi connectivity index (χ1v) is 8.25. The third-order valence-electron chi connectivity index (χ3n) is 2.65. The van der Waals surface area contributed by atoms with Gasteiger partial charge in [-0.25, -0.2) is 0 Å². The van der Waals surface area contributed by atoms with Gasteiger partial charge in [-0.1, -0.05) is 0 Å². The standard InChI is InChI=1S/C6H4F12O6P2.2Na/c7-1(8,3(11,12)5(15,16)25(19,20)21)2(9,10)4(13,14)6(17,18)26(22,23)24;;/h(H2,19,20,21)(H2,22,23,24);;/q;2*+1/p-2. The van der Waals surface area contributed by atoms with E-state index in [9.17, 15) is 71.6 Å². The summed E-state index contributed by atoms with van der Waals surface area (Å²) in [6, 6.07) is 0. The van der Waals surface area contributed by atoms with Gasteiger partial charge in [0.15, 0.2) is 0 Å². The predicted molar refractivity (Wildman–Crippen MR) is 49.3 cm³/mol. The fraction of sp³-hybridized carbons (Fsp3) is 1.00. The molecule has 0 rings (SSSR count). The molecule has 0 atom stereocenters. The van der Waals surface area contributed by atoms with Gasteiger partial charge in [0.05, 0.1) is 0 Å². The number of hydrogen-bond acceptors (Lipinski definition) is 4. The Morgan fingerprint density at radius 3 is 0.929 bits per heavy atom. The third-order valence-corrected chi connectivity index (χ3v) is 4.63. The second-order valence-electron chi connectivity index (χ2n) is 4.42. The summed E-state index contributed by atoms with van der Waals surface area (Å²) in [5.41, 5.74) is -15.2. The molecule has 0 aliphatic rings. The van der Waals surface area contributed by atoms with Gasteiger partial charge in [0.2, 0.25) is 0 Å². The smallest absolute Gasteiger partial charge is 0.806 e. The molecule has 28 heavy (non-hydrogen) atoms. The SMILES string of the molecule is O=P([O-])([O-])C(F)(F)C(F)(F)C(F)(F)C(F)(F)C(F)(F)C(F)(F)P(=O)(O)O.[Na+].[Na+]. The zero-order chi connectivity index (χ0) is 22.0. The summed E-state index contributed by atoms with van der Waals surface area (Å²) in [7, 11) is -16.1. The zero-order valence-corrected chi connectivity index (χ0v) is 18.7. The van der Waals surface area contributed by atoms with Gasteiger partial charge in [-0.15, -0.1) is 0 Å². The molecular formula is C6H2F12Na2O6P2. The molecule has 0 aliphatic heterocycles. The minimum Gasteiger partial charge on any atom is -0.806 e. The van der Waals surface area contributed by atoms with Crippen LogP contribution >= 0.6 is 15.2 Å². The maximum atomic E-state index is 13.0. The molecule has 0 saturated heterocycles. The Hall–Kier alpha value is 1.46. The van der Waals surface area contributed by atoms with E-state index in [1.54, 1.807) is 0 Å². The van der Waals surface area contributed by atoms with E-state index in [0.717, 1.165) is 0 Å². The van der Waals surface area contributed by atoms with Crippen molar-refractivity contribution < 1.29 is 141 Å². The summed E-state index contributed by atoms with van der Waals surface area (Å²) in [6.07, 6.45) is 0. The van der Waals surface area contributed by atoms with Gasteiger partial charge in [0, 0.05) is 7.60 Å². The topological polar surface area (TPSA) is 121 Å². The minimum absolute atomic E-state index is 0. The van der Waals surface area contributed by atoms with Gasteiger partial charge >= 0.3 is 102 Å². The molecule has 0 spiro atoms. The molecule has 0 aromatic carbocycles. The monoisotopic (exact) mass is 506 g/mol. The normalized spacial score (nSPS) is 15.6. The van der Waals surface area contributed by atoms with Crippen LogP contribution in [0, 0.1) is 0 Å². The van der Waals surface area contributed by atoms with E-state index in [2.05, 4.69) is 0 Å². The van der Waals surface area contributed by atoms with Crippen molar-refractivity contribution in [3.8, 4) is 0 Å². The van der Waals surface area contributed by atoms with Crippen LogP contribution in [0.3, 0.4) is 0 Å². The average Bonchev–Trinajstić information content (AvgIpc) is 2.34. The predicted octanol–water partition coefficient (Wildman–Crippen LogP) is -4.19. The molecule has 0 radical (unpaired) electrons. The quantitative estimate of drug-likeness (QED) is 0.206. The van der Waals surface area contributed by atoms with E-state index in [0.29, 0.717) is 0 Å². The van der Waals surface area contributed by atoms with Crippen LogP contribution in [0.1, 0.15) is 0 Å². The zero-order valence-electron chi connectivity index (χ0n) is 13.0. The summed E-state index contributed by atoms with van der Waals surface area (Å²) in [5.74, 6) is -33.2. The van der Waals surface area contributed by atoms with Crippen molar-refractivity contribution in [2.75, 3.05) is 0 Å². The van der Waals surface area contributed by atoms with Crippen molar-refractivity contribution in [3.05, 3.63) is 0 Å². The van der Waals surface area contributed by atoms with E-state index >= 15 is 0 Å². The number of alkyl halides is 12. The second kappa shape index (κ2) is 8.77. The number of rotatable bonds is 7. The summed E-state index contributed by atoms with van der Waals surface area (Å²) in [4.78, 5) is 35.4. The van der Waals surface area contributed by atoms with Crippen LogP contribution in [0.25, 0.3) is 0 Å². The van der Waals surface area contributed by atoms with Crippen molar-refractivity contribution in [2.45, 2.75) is 35.0 Å². The molecule has 2 N–H and O–H groups in total. The maximum Gasteiger partial charge on any atom is 1.00 e. The molecule has 0 unspecified atom stereocenters. The molecular weight excluding hydrogens is 504 g/mol. The van der Waals surface area contributed by atoms with E-state index in [4.69, 9.17) is 9.79 Å². The minimum atomic E-state index is -8.42. The van der Waals surface area contributed by atoms with Crippen molar-refractivity contribution in [1.29, 1.82) is 0 Å². The Balaban J connectivity index is -0.00000312. The molecule has 158 valence electrons. The van der Waals surface area contributed by atoms with Gasteiger partial charge in [0.1, 0.15) is 0 Å². The number of hydrogen-bond donors (Lipinski definition) is 2. The summed E-state index contributed by atoms with van der Waals surface area (Å²) >= 11 is 0. The number of halogens is 12. The molecule has 0 fully saturated rings. The molecule has 6 nitrogen and oxygen atoms in total. The molecule has 0 amide bonds. The van der Waals surface area contributed by atoms with Crippen molar-refractivity contribution in [3.63, 3.8) is 0 Å². The van der Waals surface area contributed by atoms with Crippen molar-refractivity contribution >= 4 is 15.2 Å². The summed E-state index contributed by atoms with van der Waals surface area (Å²) in [6.45, 7) is 0. The first kappa shape index (κ1) is 34.1. The Morgan fingerprint density at radius 2 is 0.750 bits per heavy atom. The molecule has 0 aromatic heterocycles. The fourth-order valence-corrected chi connectivity index (χ4v) is 2.12. The van der Waals surface area contributed by atoms with Crippen LogP contribution in [0.2, 0.25) is 0 Å². The van der Waals surface area contributed by atoms with Gasteiger partial charge in [0.25, 0.3) is 0 Å². The Labute approximate surface area is 189 Å². The van der Waals surface area contributed by atoms with Crippen LogP contribution in [0.15, 0.2) is 0 Å². The molecule has 0 aromatic rings. The fourth-order valence-electron chi connectivity index (χ4n) is 1.13. The van der Waals surface area contributed by atoms with Gasteiger partial charge in [-0.05, 0) is 0 Å². The van der Waals surface area contributed by atoms with E-state index in [-0.39, 0.29) is 59.1 Å². The largest absolute Gasteiger partial charge is 1.00 e. The Kier molecular flexibility index (Phi) is 10.7. The van der Waals surface area contributed by atoms with E-state index in [1.807, 2.05) is 0 Å². The van der Waals surface area contributed by atoms with Crippen LogP contribution in [-0.4, -0.2) is 44.8 Å². The Morgan fingerprint density at radius 1 is 0.536 bits per heavy atom. The van der Waals surface area contributed by atoms with Crippen LogP contribution in [0.4, 0.5) is 52.7 Å². The Bertz CT molecular complexity index is 603. The second-order valence-corrected chi connectivity index (χ2v) is 7.63. The average molecular weight is 506 g/mol. The maximum absolute atomic E-state index is 13.0. The molecule has 0 bridgehead atoms. The molecule has 0 saturated carbocycles. The molecule has 0 heterocycles. The molecule has 0 aliphatic carbocycles. The van der Waals surface area contributed by atoms with Gasteiger partial charge < -0.3 is 24.1 Å². The molecule has 22 heteroatoms. The van der Waals surface area contributed by atoms with E-state index < -0.39 is 50.2 Å². The van der Waals surface area contributed by atoms with Crippen LogP contribution < -0.4 is 68.9 Å². The van der Waals surface area contributed by atoms with Crippen LogP contribution in [-0.2, 0) is 9.13 Å². The first-order valence-electron chi connectivity index (χ1n) is 5.10. The van der Waals surface area contributed by atoms with Crippen molar-refractivity contribution in [2.24, 2.45) is 0 Å². The van der Waals surface area contributed by atoms with Gasteiger partial charge in [-0.2, -0.15) is 52.7 Å². The third kappa shape index (κ3) is 4.63. The van der Waals surface area contributed by atoms with Gasteiger partial charge in [-0.3, -0.25) is 4.57 Å². The van der Waals surface area contributed by atoms with E-state index in [1.165, 1.54) is 0 Å². The summed E-state index contributed by atoms with van der Waals surface area (Å²) < 4.78 is 174. The van der Waals surface area contributed by atoms with Crippen molar-refractivity contribution in [1.82, 2.24) is 0 Å². The van der Waals surface area contributed by atoms with Crippen LogP contribution in [0.5, 0.6) is 0 Å².